The first kappa shape index (κ1) is 13.7. The lowest BCUT2D eigenvalue weighted by atomic mass is 10.0. The lowest BCUT2D eigenvalue weighted by Gasteiger charge is -2.23. The van der Waals surface area contributed by atoms with Gasteiger partial charge in [-0.25, -0.2) is 13.6 Å². The smallest absolute Gasteiger partial charge is 0.335 e. The van der Waals surface area contributed by atoms with E-state index in [0.29, 0.717) is 13.2 Å². The molecule has 1 atom stereocenters. The molecule has 0 saturated carbocycles. The van der Waals surface area contributed by atoms with Gasteiger partial charge in [-0.05, 0) is 30.9 Å². The van der Waals surface area contributed by atoms with Crippen molar-refractivity contribution in [2.45, 2.75) is 12.8 Å². The molecule has 1 aliphatic heterocycles. The fourth-order valence-electron chi connectivity index (χ4n) is 2.08. The molecule has 0 aromatic heterocycles. The number of hydrogen-bond donors (Lipinski definition) is 2. The van der Waals surface area contributed by atoms with Gasteiger partial charge < -0.3 is 15.2 Å². The van der Waals surface area contributed by atoms with E-state index in [1.807, 2.05) is 0 Å². The summed E-state index contributed by atoms with van der Waals surface area (Å²) in [4.78, 5) is 10.7. The molecular formula is C13H15F2NO3. The molecule has 1 fully saturated rings. The third kappa shape index (κ3) is 3.41. The Labute approximate surface area is 109 Å². The number of benzene rings is 1. The summed E-state index contributed by atoms with van der Waals surface area (Å²) < 4.78 is 32.5. The molecule has 19 heavy (non-hydrogen) atoms. The zero-order chi connectivity index (χ0) is 13.8. The zero-order valence-corrected chi connectivity index (χ0v) is 10.3. The van der Waals surface area contributed by atoms with E-state index >= 15 is 0 Å². The van der Waals surface area contributed by atoms with Gasteiger partial charge in [-0.15, -0.1) is 0 Å². The summed E-state index contributed by atoms with van der Waals surface area (Å²) in [5, 5.41) is 11.4. The number of carbonyl (C=O) groups is 1. The molecule has 0 bridgehead atoms. The van der Waals surface area contributed by atoms with E-state index < -0.39 is 23.2 Å². The lowest BCUT2D eigenvalue weighted by Crippen LogP contribution is -2.25. The largest absolute Gasteiger partial charge is 0.478 e. The number of carboxylic acids is 1. The Kier molecular flexibility index (Phi) is 4.31. The highest BCUT2D eigenvalue weighted by Crippen LogP contribution is 2.22. The van der Waals surface area contributed by atoms with Crippen molar-refractivity contribution in [2.75, 3.05) is 25.1 Å². The predicted molar refractivity (Wildman–Crippen MR) is 65.4 cm³/mol. The summed E-state index contributed by atoms with van der Waals surface area (Å²) in [6, 6.07) is 1.62. The minimum absolute atomic E-state index is 0.215. The van der Waals surface area contributed by atoms with Crippen molar-refractivity contribution < 1.29 is 23.4 Å². The zero-order valence-electron chi connectivity index (χ0n) is 10.3. The Hall–Kier alpha value is -1.69. The normalized spacial score (nSPS) is 19.2. The van der Waals surface area contributed by atoms with E-state index in [2.05, 4.69) is 5.32 Å². The molecule has 2 rings (SSSR count). The average molecular weight is 271 g/mol. The van der Waals surface area contributed by atoms with Crippen LogP contribution in [0.1, 0.15) is 23.2 Å². The van der Waals surface area contributed by atoms with Gasteiger partial charge in [-0.2, -0.15) is 0 Å². The molecule has 1 saturated heterocycles. The van der Waals surface area contributed by atoms with Crippen LogP contribution in [0.15, 0.2) is 12.1 Å². The van der Waals surface area contributed by atoms with Gasteiger partial charge in [0.2, 0.25) is 0 Å². The van der Waals surface area contributed by atoms with E-state index in [1.54, 1.807) is 0 Å². The highest BCUT2D eigenvalue weighted by atomic mass is 19.1. The van der Waals surface area contributed by atoms with Gasteiger partial charge in [0.25, 0.3) is 0 Å². The lowest BCUT2D eigenvalue weighted by molar-refractivity contribution is 0.0594. The number of nitrogens with one attached hydrogen (secondary N) is 1. The van der Waals surface area contributed by atoms with Crippen LogP contribution < -0.4 is 5.32 Å². The van der Waals surface area contributed by atoms with Crippen LogP contribution in [0.25, 0.3) is 0 Å². The van der Waals surface area contributed by atoms with Gasteiger partial charge in [0.1, 0.15) is 17.3 Å². The van der Waals surface area contributed by atoms with Crippen LogP contribution in [0.3, 0.4) is 0 Å². The van der Waals surface area contributed by atoms with E-state index in [1.165, 1.54) is 0 Å². The van der Waals surface area contributed by atoms with Crippen LogP contribution in [0.4, 0.5) is 14.5 Å². The average Bonchev–Trinajstić information content (AvgIpc) is 2.38. The molecule has 4 nitrogen and oxygen atoms in total. The Morgan fingerprint density at radius 3 is 2.63 bits per heavy atom. The molecular weight excluding hydrogens is 256 g/mol. The van der Waals surface area contributed by atoms with Crippen molar-refractivity contribution in [2.24, 2.45) is 5.92 Å². The van der Waals surface area contributed by atoms with Crippen molar-refractivity contribution in [3.63, 3.8) is 0 Å². The molecule has 1 heterocycles. The summed E-state index contributed by atoms with van der Waals surface area (Å²) in [6.45, 7) is 1.70. The number of anilines is 1. The van der Waals surface area contributed by atoms with E-state index in [0.717, 1.165) is 31.6 Å². The molecule has 1 aromatic rings. The number of carboxylic acid groups (broad SMARTS) is 1. The number of halogens is 2. The minimum Gasteiger partial charge on any atom is -0.478 e. The van der Waals surface area contributed by atoms with Crippen LogP contribution in [-0.4, -0.2) is 30.8 Å². The third-order valence-corrected chi connectivity index (χ3v) is 3.11. The fraction of sp³-hybridized carbons (Fsp3) is 0.462. The summed E-state index contributed by atoms with van der Waals surface area (Å²) in [6.07, 6.45) is 1.89. The first-order valence-corrected chi connectivity index (χ1v) is 6.12. The van der Waals surface area contributed by atoms with Crippen molar-refractivity contribution in [3.05, 3.63) is 29.3 Å². The maximum atomic E-state index is 13.6. The Bertz CT molecular complexity index is 450. The Morgan fingerprint density at radius 1 is 1.42 bits per heavy atom. The molecule has 2 N–H and O–H groups in total. The number of hydrogen-bond acceptors (Lipinski definition) is 3. The van der Waals surface area contributed by atoms with Gasteiger partial charge >= 0.3 is 5.97 Å². The van der Waals surface area contributed by atoms with Gasteiger partial charge in [0, 0.05) is 13.2 Å². The topological polar surface area (TPSA) is 58.6 Å². The maximum Gasteiger partial charge on any atom is 0.335 e. The molecule has 6 heteroatoms. The van der Waals surface area contributed by atoms with E-state index in [9.17, 15) is 13.6 Å². The standard InChI is InChI=1S/C13H15F2NO3/c14-10-4-9(13(17)18)5-11(15)12(10)16-6-8-2-1-3-19-7-8/h4-5,8,16H,1-3,6-7H2,(H,17,18). The van der Waals surface area contributed by atoms with Gasteiger partial charge in [-0.3, -0.25) is 0 Å². The Balaban J connectivity index is 2.05. The SMILES string of the molecule is O=C(O)c1cc(F)c(NCC2CCCOC2)c(F)c1. The molecule has 1 aliphatic rings. The molecule has 1 unspecified atom stereocenters. The van der Waals surface area contributed by atoms with Gasteiger partial charge in [-0.1, -0.05) is 0 Å². The predicted octanol–water partition coefficient (Wildman–Crippen LogP) is 2.50. The third-order valence-electron chi connectivity index (χ3n) is 3.11. The van der Waals surface area contributed by atoms with Crippen LogP contribution >= 0.6 is 0 Å². The molecule has 0 amide bonds. The molecule has 104 valence electrons. The molecule has 0 aliphatic carbocycles. The molecule has 0 spiro atoms. The highest BCUT2D eigenvalue weighted by molar-refractivity contribution is 5.88. The summed E-state index contributed by atoms with van der Waals surface area (Å²) in [5.74, 6) is -2.93. The minimum atomic E-state index is -1.36. The van der Waals surface area contributed by atoms with Crippen LogP contribution in [0, 0.1) is 17.6 Å². The van der Waals surface area contributed by atoms with Crippen molar-refractivity contribution >= 4 is 11.7 Å². The maximum absolute atomic E-state index is 13.6. The summed E-state index contributed by atoms with van der Waals surface area (Å²) >= 11 is 0. The second kappa shape index (κ2) is 5.97. The van der Waals surface area contributed by atoms with E-state index in [4.69, 9.17) is 9.84 Å². The quantitative estimate of drug-likeness (QED) is 0.883. The van der Waals surface area contributed by atoms with Crippen LogP contribution in [-0.2, 0) is 4.74 Å². The van der Waals surface area contributed by atoms with E-state index in [-0.39, 0.29) is 11.6 Å². The molecule has 0 radical (unpaired) electrons. The summed E-state index contributed by atoms with van der Waals surface area (Å²) in [7, 11) is 0. The molecule has 1 aromatic carbocycles. The van der Waals surface area contributed by atoms with Crippen molar-refractivity contribution in [1.29, 1.82) is 0 Å². The van der Waals surface area contributed by atoms with Crippen LogP contribution in [0.5, 0.6) is 0 Å². The first-order chi connectivity index (χ1) is 9.08. The summed E-state index contributed by atoms with van der Waals surface area (Å²) in [5.41, 5.74) is -0.683. The number of ether oxygens (including phenoxy) is 1. The van der Waals surface area contributed by atoms with Crippen molar-refractivity contribution in [1.82, 2.24) is 0 Å². The van der Waals surface area contributed by atoms with Crippen molar-refractivity contribution in [3.8, 4) is 0 Å². The van der Waals surface area contributed by atoms with Gasteiger partial charge in [0.05, 0.1) is 12.2 Å². The number of rotatable bonds is 4. The second-order valence-electron chi connectivity index (χ2n) is 4.58. The highest BCUT2D eigenvalue weighted by Gasteiger charge is 2.17. The monoisotopic (exact) mass is 271 g/mol. The Morgan fingerprint density at radius 2 is 2.11 bits per heavy atom. The fourth-order valence-corrected chi connectivity index (χ4v) is 2.08. The second-order valence-corrected chi connectivity index (χ2v) is 4.58. The van der Waals surface area contributed by atoms with Crippen LogP contribution in [0.2, 0.25) is 0 Å². The number of aromatic carboxylic acids is 1. The first-order valence-electron chi connectivity index (χ1n) is 6.12. The van der Waals surface area contributed by atoms with Gasteiger partial charge in [0.15, 0.2) is 0 Å².